The van der Waals surface area contributed by atoms with Crippen LogP contribution in [0.4, 0.5) is 0 Å². The number of piperidine rings is 1. The molecule has 1 amide bonds. The van der Waals surface area contributed by atoms with Crippen LogP contribution in [0.3, 0.4) is 0 Å². The van der Waals surface area contributed by atoms with Gasteiger partial charge in [-0.15, -0.1) is 0 Å². The monoisotopic (exact) mass is 288 g/mol. The topological polar surface area (TPSA) is 50.8 Å². The van der Waals surface area contributed by atoms with Gasteiger partial charge in [-0.25, -0.2) is 0 Å². The fourth-order valence-electron chi connectivity index (χ4n) is 3.60. The number of carbonyl (C=O) groups is 1. The quantitative estimate of drug-likeness (QED) is 0.898. The Hall–Kier alpha value is -1.75. The molecule has 5 nitrogen and oxygen atoms in total. The van der Waals surface area contributed by atoms with Gasteiger partial charge in [0.1, 0.15) is 0 Å². The van der Waals surface area contributed by atoms with Crippen molar-refractivity contribution < 1.29 is 14.3 Å². The Morgan fingerprint density at radius 3 is 2.86 bits per heavy atom. The summed E-state index contributed by atoms with van der Waals surface area (Å²) in [5, 5.41) is 3.19. The molecular formula is C16H20N2O3. The summed E-state index contributed by atoms with van der Waals surface area (Å²) in [4.78, 5) is 14.9. The number of carbonyl (C=O) groups excluding carboxylic acids is 1. The zero-order valence-corrected chi connectivity index (χ0v) is 12.0. The molecular weight excluding hydrogens is 268 g/mol. The molecule has 0 aliphatic carbocycles. The van der Waals surface area contributed by atoms with Gasteiger partial charge in [0.2, 0.25) is 6.79 Å². The molecule has 21 heavy (non-hydrogen) atoms. The maximum atomic E-state index is 12.4. The summed E-state index contributed by atoms with van der Waals surface area (Å²) in [6, 6.07) is 5.63. The number of rotatable bonds is 2. The lowest BCUT2D eigenvalue weighted by molar-refractivity contribution is 0.0928. The summed E-state index contributed by atoms with van der Waals surface area (Å²) in [5.41, 5.74) is 0.644. The fraction of sp³-hybridized carbons (Fsp3) is 0.562. The minimum absolute atomic E-state index is 0.0131. The Kier molecular flexibility index (Phi) is 3.22. The van der Waals surface area contributed by atoms with E-state index in [1.54, 1.807) is 18.2 Å². The Bertz CT molecular complexity index is 538. The average Bonchev–Trinajstić information content (AvgIpc) is 2.78. The number of nitrogens with one attached hydrogen (secondary N) is 1. The highest BCUT2D eigenvalue weighted by Gasteiger charge is 2.30. The van der Waals surface area contributed by atoms with Crippen molar-refractivity contribution in [2.24, 2.45) is 5.92 Å². The van der Waals surface area contributed by atoms with E-state index >= 15 is 0 Å². The molecule has 4 aliphatic rings. The van der Waals surface area contributed by atoms with Crippen molar-refractivity contribution in [3.63, 3.8) is 0 Å². The van der Waals surface area contributed by atoms with E-state index in [2.05, 4.69) is 10.2 Å². The maximum Gasteiger partial charge on any atom is 0.251 e. The first-order valence-corrected chi connectivity index (χ1v) is 7.71. The third-order valence-electron chi connectivity index (χ3n) is 4.77. The largest absolute Gasteiger partial charge is 0.454 e. The van der Waals surface area contributed by atoms with Crippen molar-refractivity contribution in [2.75, 3.05) is 26.4 Å². The summed E-state index contributed by atoms with van der Waals surface area (Å²) >= 11 is 0. The number of hydrogen-bond donors (Lipinski definition) is 1. The highest BCUT2D eigenvalue weighted by molar-refractivity contribution is 5.95. The van der Waals surface area contributed by atoms with E-state index < -0.39 is 0 Å². The van der Waals surface area contributed by atoms with Gasteiger partial charge in [0.05, 0.1) is 0 Å². The lowest BCUT2D eigenvalue weighted by Crippen LogP contribution is -2.41. The molecule has 5 rings (SSSR count). The van der Waals surface area contributed by atoms with Crippen molar-refractivity contribution in [1.82, 2.24) is 10.2 Å². The number of ether oxygens (including phenoxy) is 2. The Morgan fingerprint density at radius 2 is 2.00 bits per heavy atom. The summed E-state index contributed by atoms with van der Waals surface area (Å²) in [6.45, 7) is 3.58. The standard InChI is InChI=1S/C16H20N2O3/c19-16(12-1-2-14-15(8-12)21-10-20-14)17-13-7-11-3-5-18(9-13)6-4-11/h1-2,8,11,13H,3-7,9-10H2,(H,17,19). The minimum atomic E-state index is -0.0131. The molecule has 5 heteroatoms. The van der Waals surface area contributed by atoms with Crippen LogP contribution in [0.2, 0.25) is 0 Å². The van der Waals surface area contributed by atoms with E-state index in [1.807, 2.05) is 0 Å². The maximum absolute atomic E-state index is 12.4. The van der Waals surface area contributed by atoms with Crippen molar-refractivity contribution in [2.45, 2.75) is 25.3 Å². The predicted molar refractivity (Wildman–Crippen MR) is 77.6 cm³/mol. The van der Waals surface area contributed by atoms with Gasteiger partial charge >= 0.3 is 0 Å². The molecule has 4 heterocycles. The molecule has 1 atom stereocenters. The van der Waals surface area contributed by atoms with Crippen LogP contribution in [0.15, 0.2) is 18.2 Å². The zero-order chi connectivity index (χ0) is 14.2. The average molecular weight is 288 g/mol. The third-order valence-corrected chi connectivity index (χ3v) is 4.77. The van der Waals surface area contributed by atoms with Crippen LogP contribution in [0.5, 0.6) is 11.5 Å². The predicted octanol–water partition coefficient (Wildman–Crippen LogP) is 1.63. The van der Waals surface area contributed by atoms with Gasteiger partial charge in [0, 0.05) is 18.2 Å². The molecule has 0 aromatic heterocycles. The first-order valence-electron chi connectivity index (χ1n) is 7.71. The highest BCUT2D eigenvalue weighted by atomic mass is 16.7. The van der Waals surface area contributed by atoms with Crippen LogP contribution < -0.4 is 14.8 Å². The second-order valence-electron chi connectivity index (χ2n) is 6.22. The molecule has 0 saturated carbocycles. The van der Waals surface area contributed by atoms with Crippen LogP contribution in [0.25, 0.3) is 0 Å². The summed E-state index contributed by atoms with van der Waals surface area (Å²) in [6.07, 6.45) is 3.65. The lowest BCUT2D eigenvalue weighted by atomic mass is 9.94. The second-order valence-corrected chi connectivity index (χ2v) is 6.22. The number of nitrogens with zero attached hydrogens (tertiary/aromatic N) is 1. The molecule has 1 unspecified atom stereocenters. The van der Waals surface area contributed by atoms with Crippen molar-refractivity contribution in [3.8, 4) is 11.5 Å². The van der Waals surface area contributed by atoms with E-state index in [9.17, 15) is 4.79 Å². The van der Waals surface area contributed by atoms with Crippen LogP contribution in [-0.4, -0.2) is 43.3 Å². The Balaban J connectivity index is 1.45. The van der Waals surface area contributed by atoms with Gasteiger partial charge in [-0.2, -0.15) is 0 Å². The van der Waals surface area contributed by atoms with Crippen LogP contribution in [-0.2, 0) is 0 Å². The second kappa shape index (κ2) is 5.22. The Morgan fingerprint density at radius 1 is 1.19 bits per heavy atom. The first kappa shape index (κ1) is 13.0. The smallest absolute Gasteiger partial charge is 0.251 e. The van der Waals surface area contributed by atoms with Gasteiger partial charge < -0.3 is 19.7 Å². The zero-order valence-electron chi connectivity index (χ0n) is 12.0. The molecule has 0 radical (unpaired) electrons. The molecule has 112 valence electrons. The SMILES string of the molecule is O=C(NC1CC2CCN(CC2)C1)c1ccc2c(c1)OCO2. The van der Waals surface area contributed by atoms with Crippen LogP contribution >= 0.6 is 0 Å². The third kappa shape index (κ3) is 2.58. The summed E-state index contributed by atoms with van der Waals surface area (Å²) < 4.78 is 10.6. The van der Waals surface area contributed by atoms with E-state index in [-0.39, 0.29) is 18.7 Å². The van der Waals surface area contributed by atoms with E-state index in [1.165, 1.54) is 25.9 Å². The molecule has 0 spiro atoms. The minimum Gasteiger partial charge on any atom is -0.454 e. The van der Waals surface area contributed by atoms with Crippen LogP contribution in [0, 0.1) is 5.92 Å². The first-order chi connectivity index (χ1) is 10.3. The fourth-order valence-corrected chi connectivity index (χ4v) is 3.60. The molecule has 2 bridgehead atoms. The Labute approximate surface area is 124 Å². The lowest BCUT2D eigenvalue weighted by Gasteiger charge is -2.26. The van der Waals surface area contributed by atoms with Gasteiger partial charge in [-0.3, -0.25) is 4.79 Å². The summed E-state index contributed by atoms with van der Waals surface area (Å²) in [5.74, 6) is 2.13. The van der Waals surface area contributed by atoms with Crippen LogP contribution in [0.1, 0.15) is 29.6 Å². The van der Waals surface area contributed by atoms with Crippen molar-refractivity contribution in [3.05, 3.63) is 23.8 Å². The van der Waals surface area contributed by atoms with Gasteiger partial charge in [0.15, 0.2) is 11.5 Å². The van der Waals surface area contributed by atoms with E-state index in [0.717, 1.165) is 18.9 Å². The van der Waals surface area contributed by atoms with Gasteiger partial charge in [-0.1, -0.05) is 0 Å². The molecule has 3 saturated heterocycles. The summed E-state index contributed by atoms with van der Waals surface area (Å²) in [7, 11) is 0. The van der Waals surface area contributed by atoms with Crippen molar-refractivity contribution in [1.29, 1.82) is 0 Å². The molecule has 1 aromatic rings. The van der Waals surface area contributed by atoms with Crippen molar-refractivity contribution >= 4 is 5.91 Å². The van der Waals surface area contributed by atoms with E-state index in [0.29, 0.717) is 17.1 Å². The number of fused-ring (bicyclic) bond motifs is 5. The molecule has 3 fully saturated rings. The number of benzene rings is 1. The highest BCUT2D eigenvalue weighted by Crippen LogP contribution is 2.32. The van der Waals surface area contributed by atoms with Gasteiger partial charge in [-0.05, 0) is 56.5 Å². The molecule has 4 aliphatic heterocycles. The molecule has 1 aromatic carbocycles. The van der Waals surface area contributed by atoms with E-state index in [4.69, 9.17) is 9.47 Å². The number of amides is 1. The normalized spacial score (nSPS) is 30.0. The van der Waals surface area contributed by atoms with Gasteiger partial charge in [0.25, 0.3) is 5.91 Å². The number of hydrogen-bond acceptors (Lipinski definition) is 4. The molecule has 1 N–H and O–H groups in total.